The number of hydrogen-bond acceptors (Lipinski definition) is 3. The first-order chi connectivity index (χ1) is 12.2. The average Bonchev–Trinajstić information content (AvgIpc) is 3.15. The molecule has 1 heterocycles. The van der Waals surface area contributed by atoms with Gasteiger partial charge < -0.3 is 9.30 Å². The van der Waals surface area contributed by atoms with E-state index in [9.17, 15) is 9.18 Å². The number of thioether (sulfide) groups is 1. The number of aromatic nitrogens is 1. The van der Waals surface area contributed by atoms with Crippen molar-refractivity contribution < 1.29 is 13.9 Å². The molecule has 1 atom stereocenters. The Morgan fingerprint density at radius 3 is 2.44 bits per heavy atom. The van der Waals surface area contributed by atoms with Gasteiger partial charge in [-0.15, -0.1) is 11.8 Å². The van der Waals surface area contributed by atoms with Gasteiger partial charge in [-0.3, -0.25) is 4.79 Å². The summed E-state index contributed by atoms with van der Waals surface area (Å²) in [4.78, 5) is 13.4. The van der Waals surface area contributed by atoms with Crippen LogP contribution in [0.3, 0.4) is 0 Å². The maximum Gasteiger partial charge on any atom is 0.323 e. The van der Waals surface area contributed by atoms with Crippen molar-refractivity contribution in [3.05, 3.63) is 84.4 Å². The summed E-state index contributed by atoms with van der Waals surface area (Å²) in [5, 5.41) is -0.558. The predicted molar refractivity (Wildman–Crippen MR) is 97.4 cm³/mol. The number of carbonyl (C=O) groups excluding carboxylic acids is 1. The van der Waals surface area contributed by atoms with E-state index >= 15 is 0 Å². The van der Waals surface area contributed by atoms with Crippen molar-refractivity contribution in [3.63, 3.8) is 0 Å². The maximum atomic E-state index is 13.2. The lowest BCUT2D eigenvalue weighted by Crippen LogP contribution is -2.13. The summed E-state index contributed by atoms with van der Waals surface area (Å²) >= 11 is 1.40. The molecule has 0 bridgehead atoms. The van der Waals surface area contributed by atoms with Gasteiger partial charge in [0.2, 0.25) is 0 Å². The maximum absolute atomic E-state index is 13.2. The molecule has 0 N–H and O–H groups in total. The number of carbonyl (C=O) groups is 1. The third-order valence-corrected chi connectivity index (χ3v) is 4.97. The molecule has 128 valence electrons. The van der Waals surface area contributed by atoms with E-state index in [1.54, 1.807) is 19.1 Å². The molecular formula is C20H18FNO2S. The molecule has 3 nitrogen and oxygen atoms in total. The molecule has 0 fully saturated rings. The van der Waals surface area contributed by atoms with Gasteiger partial charge in [-0.1, -0.05) is 24.3 Å². The smallest absolute Gasteiger partial charge is 0.323 e. The normalized spacial score (nSPS) is 11.9. The summed E-state index contributed by atoms with van der Waals surface area (Å²) in [6.45, 7) is 2.08. The van der Waals surface area contributed by atoms with Crippen LogP contribution in [0.1, 0.15) is 17.7 Å². The lowest BCUT2D eigenvalue weighted by atomic mass is 10.1. The molecule has 1 aromatic heterocycles. The Kier molecular flexibility index (Phi) is 5.56. The van der Waals surface area contributed by atoms with Crippen molar-refractivity contribution in [1.82, 2.24) is 4.57 Å². The molecule has 0 saturated heterocycles. The van der Waals surface area contributed by atoms with Crippen LogP contribution < -0.4 is 0 Å². The molecule has 0 aliphatic rings. The number of halogens is 1. The van der Waals surface area contributed by atoms with Gasteiger partial charge in [0, 0.05) is 17.3 Å². The zero-order valence-electron chi connectivity index (χ0n) is 13.8. The zero-order valence-corrected chi connectivity index (χ0v) is 14.6. The van der Waals surface area contributed by atoms with Crippen LogP contribution in [-0.2, 0) is 9.53 Å². The summed E-state index contributed by atoms with van der Waals surface area (Å²) in [6, 6.07) is 17.7. The molecule has 0 saturated carbocycles. The monoisotopic (exact) mass is 355 g/mol. The number of esters is 1. The largest absolute Gasteiger partial charge is 0.465 e. The second-order valence-electron chi connectivity index (χ2n) is 5.36. The highest BCUT2D eigenvalue weighted by Crippen LogP contribution is 2.39. The highest BCUT2D eigenvalue weighted by Gasteiger charge is 2.24. The van der Waals surface area contributed by atoms with E-state index < -0.39 is 5.25 Å². The molecule has 0 aliphatic carbocycles. The molecule has 0 spiro atoms. The molecular weight excluding hydrogens is 337 g/mol. The highest BCUT2D eigenvalue weighted by atomic mass is 32.2. The van der Waals surface area contributed by atoms with Gasteiger partial charge in [-0.25, -0.2) is 4.39 Å². The van der Waals surface area contributed by atoms with E-state index in [0.717, 1.165) is 10.6 Å². The van der Waals surface area contributed by atoms with Crippen LogP contribution in [0, 0.1) is 5.82 Å². The fourth-order valence-electron chi connectivity index (χ4n) is 2.50. The molecule has 0 amide bonds. The second kappa shape index (κ2) is 8.03. The van der Waals surface area contributed by atoms with Crippen LogP contribution in [0.5, 0.6) is 0 Å². The fraction of sp³-hybridized carbons (Fsp3) is 0.150. The standard InChI is InChI=1S/C20H18FNO2S/c1-2-24-20(23)19(15-9-11-16(21)12-10-15)25-18-8-4-3-7-17(18)22-13-5-6-14-22/h3-14,19H,2H2,1H3/t19-/m0/s1. The van der Waals surface area contributed by atoms with E-state index in [0.29, 0.717) is 12.2 Å². The van der Waals surface area contributed by atoms with E-state index in [1.165, 1.54) is 23.9 Å². The van der Waals surface area contributed by atoms with Gasteiger partial charge in [0.1, 0.15) is 11.1 Å². The quantitative estimate of drug-likeness (QED) is 0.460. The molecule has 0 radical (unpaired) electrons. The Balaban J connectivity index is 1.96. The average molecular weight is 355 g/mol. The van der Waals surface area contributed by atoms with Crippen molar-refractivity contribution in [2.45, 2.75) is 17.1 Å². The van der Waals surface area contributed by atoms with Crippen molar-refractivity contribution in [2.75, 3.05) is 6.61 Å². The topological polar surface area (TPSA) is 31.2 Å². The minimum absolute atomic E-state index is 0.302. The number of hydrogen-bond donors (Lipinski definition) is 0. The lowest BCUT2D eigenvalue weighted by Gasteiger charge is -2.18. The first kappa shape index (κ1) is 17.3. The predicted octanol–water partition coefficient (Wildman–Crippen LogP) is 5.01. The van der Waals surface area contributed by atoms with Gasteiger partial charge in [0.15, 0.2) is 0 Å². The van der Waals surface area contributed by atoms with Gasteiger partial charge in [0.05, 0.1) is 12.3 Å². The molecule has 0 unspecified atom stereocenters. The van der Waals surface area contributed by atoms with Crippen molar-refractivity contribution in [2.24, 2.45) is 0 Å². The van der Waals surface area contributed by atoms with E-state index in [4.69, 9.17) is 4.74 Å². The summed E-state index contributed by atoms with van der Waals surface area (Å²) in [6.07, 6.45) is 3.91. The van der Waals surface area contributed by atoms with Gasteiger partial charge in [0.25, 0.3) is 0 Å². The highest BCUT2D eigenvalue weighted by molar-refractivity contribution is 8.00. The van der Waals surface area contributed by atoms with Crippen LogP contribution in [-0.4, -0.2) is 17.1 Å². The zero-order chi connectivity index (χ0) is 17.6. The number of nitrogens with zero attached hydrogens (tertiary/aromatic N) is 1. The Morgan fingerprint density at radius 1 is 1.08 bits per heavy atom. The number of rotatable bonds is 6. The molecule has 25 heavy (non-hydrogen) atoms. The van der Waals surface area contributed by atoms with Crippen LogP contribution in [0.15, 0.2) is 78.0 Å². The summed E-state index contributed by atoms with van der Waals surface area (Å²) in [7, 11) is 0. The van der Waals surface area contributed by atoms with Crippen molar-refractivity contribution in [3.8, 4) is 5.69 Å². The van der Waals surface area contributed by atoms with E-state index in [2.05, 4.69) is 0 Å². The van der Waals surface area contributed by atoms with Crippen LogP contribution in [0.4, 0.5) is 4.39 Å². The van der Waals surface area contributed by atoms with Gasteiger partial charge in [-0.2, -0.15) is 0 Å². The number of para-hydroxylation sites is 1. The molecule has 3 rings (SSSR count). The third kappa shape index (κ3) is 4.12. The number of benzene rings is 2. The Hall–Kier alpha value is -2.53. The Labute approximate surface area is 150 Å². The molecule has 0 aliphatic heterocycles. The summed E-state index contributed by atoms with van der Waals surface area (Å²) in [5.74, 6) is -0.662. The van der Waals surface area contributed by atoms with Crippen molar-refractivity contribution in [1.29, 1.82) is 0 Å². The summed E-state index contributed by atoms with van der Waals surface area (Å²) < 4.78 is 20.5. The third-order valence-electron chi connectivity index (χ3n) is 3.67. The Morgan fingerprint density at radius 2 is 1.76 bits per heavy atom. The van der Waals surface area contributed by atoms with E-state index in [1.807, 2.05) is 53.4 Å². The van der Waals surface area contributed by atoms with Gasteiger partial charge >= 0.3 is 5.97 Å². The number of ether oxygens (including phenoxy) is 1. The molecule has 5 heteroatoms. The minimum Gasteiger partial charge on any atom is -0.465 e. The minimum atomic E-state index is -0.558. The molecule has 2 aromatic carbocycles. The SMILES string of the molecule is CCOC(=O)[C@@H](Sc1ccccc1-n1cccc1)c1ccc(F)cc1. The summed E-state index contributed by atoms with van der Waals surface area (Å²) in [5.41, 5.74) is 1.70. The molecule has 3 aromatic rings. The first-order valence-electron chi connectivity index (χ1n) is 8.00. The fourth-order valence-corrected chi connectivity index (χ4v) is 3.66. The Bertz CT molecular complexity index is 831. The van der Waals surface area contributed by atoms with Crippen LogP contribution >= 0.6 is 11.8 Å². The van der Waals surface area contributed by atoms with E-state index in [-0.39, 0.29) is 11.8 Å². The van der Waals surface area contributed by atoms with Crippen molar-refractivity contribution >= 4 is 17.7 Å². The second-order valence-corrected chi connectivity index (χ2v) is 6.51. The van der Waals surface area contributed by atoms with Crippen LogP contribution in [0.25, 0.3) is 5.69 Å². The first-order valence-corrected chi connectivity index (χ1v) is 8.88. The van der Waals surface area contributed by atoms with Crippen LogP contribution in [0.2, 0.25) is 0 Å². The lowest BCUT2D eigenvalue weighted by molar-refractivity contribution is -0.142. The van der Waals surface area contributed by atoms with Gasteiger partial charge in [-0.05, 0) is 48.9 Å².